The Morgan fingerprint density at radius 1 is 1.22 bits per heavy atom. The van der Waals surface area contributed by atoms with Crippen LogP contribution in [-0.4, -0.2) is 46.6 Å². The highest BCUT2D eigenvalue weighted by Crippen LogP contribution is 2.33. The molecule has 1 aromatic heterocycles. The van der Waals surface area contributed by atoms with Crippen LogP contribution < -0.4 is 5.32 Å². The van der Waals surface area contributed by atoms with Gasteiger partial charge in [-0.3, -0.25) is 0 Å². The minimum atomic E-state index is 0.00304. The molecule has 1 aliphatic heterocycles. The highest BCUT2D eigenvalue weighted by atomic mass is 35.5. The van der Waals surface area contributed by atoms with E-state index in [2.05, 4.69) is 15.5 Å². The lowest BCUT2D eigenvalue weighted by Gasteiger charge is -2.30. The van der Waals surface area contributed by atoms with E-state index in [0.717, 1.165) is 38.3 Å². The Hall–Kier alpha value is -0.880. The summed E-state index contributed by atoms with van der Waals surface area (Å²) in [5.74, 6) is 1.74. The molecule has 1 saturated carbocycles. The van der Waals surface area contributed by atoms with E-state index < -0.39 is 0 Å². The number of hydrogen-bond donors (Lipinski definition) is 1. The second kappa shape index (κ2) is 8.29. The minimum Gasteiger partial charge on any atom is -0.337 e. The summed E-state index contributed by atoms with van der Waals surface area (Å²) in [6, 6.07) is 0.00304. The van der Waals surface area contributed by atoms with E-state index in [-0.39, 0.29) is 6.03 Å². The molecule has 0 bridgehead atoms. The number of urea groups is 1. The molecule has 1 aliphatic carbocycles. The summed E-state index contributed by atoms with van der Waals surface area (Å²) in [5.41, 5.74) is 0. The number of aromatic nitrogens is 2. The van der Waals surface area contributed by atoms with Crippen molar-refractivity contribution < 1.29 is 4.79 Å². The molecule has 23 heavy (non-hydrogen) atoms. The molecule has 0 aromatic carbocycles. The van der Waals surface area contributed by atoms with Crippen molar-refractivity contribution >= 4 is 29.0 Å². The number of nitrogens with zero attached hydrogens (tertiary/aromatic N) is 3. The molecule has 3 rings (SSSR count). The van der Waals surface area contributed by atoms with Gasteiger partial charge in [-0.25, -0.2) is 4.79 Å². The number of carbonyl (C=O) groups is 1. The number of halogens is 1. The van der Waals surface area contributed by atoms with Gasteiger partial charge in [-0.2, -0.15) is 0 Å². The smallest absolute Gasteiger partial charge is 0.317 e. The monoisotopic (exact) mass is 356 g/mol. The predicted molar refractivity (Wildman–Crippen MR) is 93.2 cm³/mol. The van der Waals surface area contributed by atoms with E-state index in [1.807, 2.05) is 4.90 Å². The van der Waals surface area contributed by atoms with Crippen LogP contribution in [0.1, 0.15) is 54.5 Å². The lowest BCUT2D eigenvalue weighted by atomic mass is 9.98. The molecule has 0 radical (unpaired) electrons. The Bertz CT molecular complexity index is 510. The molecule has 0 unspecified atom stereocenters. The Morgan fingerprint density at radius 3 is 2.65 bits per heavy atom. The van der Waals surface area contributed by atoms with Gasteiger partial charge in [0.05, 0.1) is 0 Å². The molecule has 2 aliphatic rings. The molecule has 2 heterocycles. The maximum absolute atomic E-state index is 11.9. The first kappa shape index (κ1) is 17.0. The number of rotatable bonds is 5. The molecule has 5 nitrogen and oxygen atoms in total. The molecule has 7 heteroatoms. The van der Waals surface area contributed by atoms with Crippen LogP contribution in [0.3, 0.4) is 0 Å². The van der Waals surface area contributed by atoms with Gasteiger partial charge in [0.1, 0.15) is 10.0 Å². The fourth-order valence-corrected chi connectivity index (χ4v) is 4.79. The van der Waals surface area contributed by atoms with Crippen molar-refractivity contribution in [3.05, 3.63) is 10.0 Å². The van der Waals surface area contributed by atoms with E-state index in [1.165, 1.54) is 35.7 Å². The normalized spacial score (nSPS) is 20.1. The van der Waals surface area contributed by atoms with E-state index in [4.69, 9.17) is 11.6 Å². The Balaban J connectivity index is 1.47. The van der Waals surface area contributed by atoms with Gasteiger partial charge in [0.2, 0.25) is 0 Å². The van der Waals surface area contributed by atoms with Crippen LogP contribution in [0.5, 0.6) is 0 Å². The molecule has 1 saturated heterocycles. The van der Waals surface area contributed by atoms with Crippen molar-refractivity contribution in [1.29, 1.82) is 0 Å². The van der Waals surface area contributed by atoms with E-state index in [1.54, 1.807) is 11.3 Å². The number of alkyl halides is 1. The van der Waals surface area contributed by atoms with Gasteiger partial charge in [-0.15, -0.1) is 33.1 Å². The third kappa shape index (κ3) is 4.57. The van der Waals surface area contributed by atoms with Crippen LogP contribution in [0.4, 0.5) is 4.79 Å². The number of hydrogen-bond acceptors (Lipinski definition) is 4. The van der Waals surface area contributed by atoms with Gasteiger partial charge in [-0.1, -0.05) is 25.7 Å². The summed E-state index contributed by atoms with van der Waals surface area (Å²) in [4.78, 5) is 13.8. The molecule has 2 fully saturated rings. The lowest BCUT2D eigenvalue weighted by Crippen LogP contribution is -2.44. The molecule has 128 valence electrons. The molecular weight excluding hydrogens is 332 g/mol. The van der Waals surface area contributed by atoms with Crippen LogP contribution >= 0.6 is 22.9 Å². The van der Waals surface area contributed by atoms with Crippen molar-refractivity contribution in [2.45, 2.75) is 50.9 Å². The average Bonchev–Trinajstić information content (AvgIpc) is 3.25. The average molecular weight is 357 g/mol. The minimum absolute atomic E-state index is 0.00304. The van der Waals surface area contributed by atoms with Crippen LogP contribution in [0.15, 0.2) is 0 Å². The first-order chi connectivity index (χ1) is 11.3. The highest BCUT2D eigenvalue weighted by Gasteiger charge is 2.26. The SMILES string of the molecule is O=C(NCCCl)N1CCC(c2nnc(CC3CCCC3)s2)CC1. The van der Waals surface area contributed by atoms with Crippen LogP contribution in [0, 0.1) is 5.92 Å². The summed E-state index contributed by atoms with van der Waals surface area (Å²) in [6.07, 6.45) is 8.52. The molecule has 1 N–H and O–H groups in total. The van der Waals surface area contributed by atoms with Gasteiger partial charge in [-0.05, 0) is 18.8 Å². The first-order valence-electron chi connectivity index (χ1n) is 8.67. The summed E-state index contributed by atoms with van der Waals surface area (Å²) in [7, 11) is 0. The second-order valence-electron chi connectivity index (χ2n) is 6.57. The van der Waals surface area contributed by atoms with Crippen molar-refractivity contribution in [1.82, 2.24) is 20.4 Å². The van der Waals surface area contributed by atoms with Crippen LogP contribution in [0.25, 0.3) is 0 Å². The number of piperidine rings is 1. The summed E-state index contributed by atoms with van der Waals surface area (Å²) < 4.78 is 0. The largest absolute Gasteiger partial charge is 0.337 e. The summed E-state index contributed by atoms with van der Waals surface area (Å²) in [5, 5.41) is 14.0. The van der Waals surface area contributed by atoms with Crippen molar-refractivity contribution in [3.63, 3.8) is 0 Å². The van der Waals surface area contributed by atoms with Gasteiger partial charge in [0, 0.05) is 37.9 Å². The molecular formula is C16H25ClN4OS. The quantitative estimate of drug-likeness (QED) is 0.822. The topological polar surface area (TPSA) is 58.1 Å². The zero-order chi connectivity index (χ0) is 16.1. The highest BCUT2D eigenvalue weighted by molar-refractivity contribution is 7.11. The molecule has 0 atom stereocenters. The lowest BCUT2D eigenvalue weighted by molar-refractivity contribution is 0.182. The van der Waals surface area contributed by atoms with E-state index in [9.17, 15) is 4.79 Å². The fraction of sp³-hybridized carbons (Fsp3) is 0.812. The maximum atomic E-state index is 11.9. The van der Waals surface area contributed by atoms with Gasteiger partial charge in [0.25, 0.3) is 0 Å². The van der Waals surface area contributed by atoms with Gasteiger partial charge < -0.3 is 10.2 Å². The Morgan fingerprint density at radius 2 is 1.96 bits per heavy atom. The van der Waals surface area contributed by atoms with E-state index in [0.29, 0.717) is 18.3 Å². The summed E-state index contributed by atoms with van der Waals surface area (Å²) >= 11 is 7.39. The van der Waals surface area contributed by atoms with Gasteiger partial charge >= 0.3 is 6.03 Å². The molecule has 1 aromatic rings. The predicted octanol–water partition coefficient (Wildman–Crippen LogP) is 3.40. The van der Waals surface area contributed by atoms with Crippen LogP contribution in [0.2, 0.25) is 0 Å². The Kier molecular flexibility index (Phi) is 6.11. The summed E-state index contributed by atoms with van der Waals surface area (Å²) in [6.45, 7) is 2.11. The van der Waals surface area contributed by atoms with Crippen molar-refractivity contribution in [2.75, 3.05) is 25.5 Å². The maximum Gasteiger partial charge on any atom is 0.317 e. The Labute approximate surface area is 146 Å². The zero-order valence-corrected chi connectivity index (χ0v) is 15.0. The first-order valence-corrected chi connectivity index (χ1v) is 10.0. The van der Waals surface area contributed by atoms with Crippen molar-refractivity contribution in [3.8, 4) is 0 Å². The number of carbonyl (C=O) groups excluding carboxylic acids is 1. The standard InChI is InChI=1S/C16H25ClN4OS/c17-7-8-18-16(22)21-9-5-13(6-10-21)15-20-19-14(23-15)11-12-3-1-2-4-12/h12-13H,1-11H2,(H,18,22). The van der Waals surface area contributed by atoms with E-state index >= 15 is 0 Å². The van der Waals surface area contributed by atoms with Gasteiger partial charge in [0.15, 0.2) is 0 Å². The zero-order valence-electron chi connectivity index (χ0n) is 13.5. The van der Waals surface area contributed by atoms with Crippen molar-refractivity contribution in [2.24, 2.45) is 5.92 Å². The molecule has 2 amide bonds. The third-order valence-corrected chi connectivity index (χ3v) is 6.22. The number of likely N-dealkylation sites (tertiary alicyclic amines) is 1. The number of amides is 2. The second-order valence-corrected chi connectivity index (χ2v) is 8.04. The third-order valence-electron chi connectivity index (χ3n) is 4.92. The number of nitrogens with one attached hydrogen (secondary N) is 1. The van der Waals surface area contributed by atoms with Crippen LogP contribution in [-0.2, 0) is 6.42 Å². The molecule has 0 spiro atoms. The fourth-order valence-electron chi connectivity index (χ4n) is 3.57.